The molecule has 0 aliphatic carbocycles. The number of hydrogen-bond donors (Lipinski definition) is 1. The lowest BCUT2D eigenvalue weighted by Gasteiger charge is -2.32. The molecule has 1 amide bonds. The van der Waals surface area contributed by atoms with Crippen LogP contribution in [0.15, 0.2) is 53.1 Å². The third-order valence-corrected chi connectivity index (χ3v) is 6.27. The van der Waals surface area contributed by atoms with Gasteiger partial charge in [-0.1, -0.05) is 48.5 Å². The van der Waals surface area contributed by atoms with E-state index in [1.54, 1.807) is 14.2 Å². The zero-order valence-electron chi connectivity index (χ0n) is 20.0. The number of aromatic nitrogens is 2. The standard InChI is InChI=1S/C26H32N4O4/c1-4-21(19-12-13-22(32-2)23(15-19)33-3)27-26(31)20-11-8-14-30(16-20)17-24-28-25(29-34-24)18-9-6-5-7-10-18/h5-7,9-10,12-13,15,20-21H,4,8,11,14,16-17H2,1-3H3,(H,27,31). The van der Waals surface area contributed by atoms with Crippen LogP contribution in [0, 0.1) is 5.92 Å². The predicted octanol–water partition coefficient (Wildman–Crippen LogP) is 4.23. The van der Waals surface area contributed by atoms with E-state index in [0.29, 0.717) is 36.3 Å². The van der Waals surface area contributed by atoms with Crippen LogP contribution in [0.3, 0.4) is 0 Å². The van der Waals surface area contributed by atoms with Crippen LogP contribution in [0.2, 0.25) is 0 Å². The largest absolute Gasteiger partial charge is 0.493 e. The summed E-state index contributed by atoms with van der Waals surface area (Å²) in [6.07, 6.45) is 2.59. The van der Waals surface area contributed by atoms with Crippen molar-refractivity contribution in [3.8, 4) is 22.9 Å². The molecule has 0 radical (unpaired) electrons. The highest BCUT2D eigenvalue weighted by molar-refractivity contribution is 5.79. The first-order chi connectivity index (χ1) is 16.6. The lowest BCUT2D eigenvalue weighted by atomic mass is 9.95. The molecule has 1 aliphatic rings. The monoisotopic (exact) mass is 464 g/mol. The Kier molecular flexibility index (Phi) is 7.80. The SMILES string of the molecule is CCC(NC(=O)C1CCCN(Cc2nc(-c3ccccc3)no2)C1)c1ccc(OC)c(OC)c1. The van der Waals surface area contributed by atoms with Gasteiger partial charge in [0.15, 0.2) is 11.5 Å². The number of carbonyl (C=O) groups excluding carboxylic acids is 1. The van der Waals surface area contributed by atoms with Crippen molar-refractivity contribution in [2.24, 2.45) is 5.92 Å². The van der Waals surface area contributed by atoms with Crippen LogP contribution in [-0.2, 0) is 11.3 Å². The quantitative estimate of drug-likeness (QED) is 0.507. The number of carbonyl (C=O) groups is 1. The fourth-order valence-corrected chi connectivity index (χ4v) is 4.41. The summed E-state index contributed by atoms with van der Waals surface area (Å²) in [5.41, 5.74) is 1.93. The maximum absolute atomic E-state index is 13.2. The van der Waals surface area contributed by atoms with Gasteiger partial charge < -0.3 is 19.3 Å². The number of rotatable bonds is 9. The summed E-state index contributed by atoms with van der Waals surface area (Å²) in [6, 6.07) is 15.5. The smallest absolute Gasteiger partial charge is 0.241 e. The van der Waals surface area contributed by atoms with Gasteiger partial charge in [0.25, 0.3) is 0 Å². The van der Waals surface area contributed by atoms with Crippen LogP contribution in [-0.4, -0.2) is 48.3 Å². The maximum Gasteiger partial charge on any atom is 0.241 e. The van der Waals surface area contributed by atoms with Crippen LogP contribution >= 0.6 is 0 Å². The Morgan fingerprint density at radius 3 is 2.71 bits per heavy atom. The summed E-state index contributed by atoms with van der Waals surface area (Å²) in [7, 11) is 3.23. The van der Waals surface area contributed by atoms with Gasteiger partial charge in [-0.3, -0.25) is 9.69 Å². The molecule has 8 heteroatoms. The number of nitrogens with zero attached hydrogens (tertiary/aromatic N) is 3. The van der Waals surface area contributed by atoms with Crippen LogP contribution in [0.1, 0.15) is 43.7 Å². The summed E-state index contributed by atoms with van der Waals surface area (Å²) >= 11 is 0. The van der Waals surface area contributed by atoms with Gasteiger partial charge in [0, 0.05) is 12.1 Å². The second-order valence-electron chi connectivity index (χ2n) is 8.54. The molecule has 2 atom stereocenters. The first-order valence-corrected chi connectivity index (χ1v) is 11.7. The van der Waals surface area contributed by atoms with Crippen LogP contribution in [0.5, 0.6) is 11.5 Å². The molecule has 4 rings (SSSR count). The van der Waals surface area contributed by atoms with Gasteiger partial charge in [0.1, 0.15) is 0 Å². The molecule has 2 unspecified atom stereocenters. The molecule has 8 nitrogen and oxygen atoms in total. The van der Waals surface area contributed by atoms with E-state index in [0.717, 1.165) is 36.9 Å². The van der Waals surface area contributed by atoms with E-state index in [2.05, 4.69) is 27.3 Å². The molecule has 0 saturated carbocycles. The highest BCUT2D eigenvalue weighted by Gasteiger charge is 2.28. The van der Waals surface area contributed by atoms with Gasteiger partial charge in [-0.15, -0.1) is 0 Å². The Hall–Kier alpha value is -3.39. The highest BCUT2D eigenvalue weighted by atomic mass is 16.5. The summed E-state index contributed by atoms with van der Waals surface area (Å²) in [5, 5.41) is 7.34. The van der Waals surface area contributed by atoms with Crippen LogP contribution in [0.25, 0.3) is 11.4 Å². The highest BCUT2D eigenvalue weighted by Crippen LogP contribution is 2.31. The molecule has 180 valence electrons. The first-order valence-electron chi connectivity index (χ1n) is 11.7. The van der Waals surface area contributed by atoms with Crippen molar-refractivity contribution in [2.75, 3.05) is 27.3 Å². The number of benzene rings is 2. The van der Waals surface area contributed by atoms with Crippen LogP contribution in [0.4, 0.5) is 0 Å². The fourth-order valence-electron chi connectivity index (χ4n) is 4.41. The van der Waals surface area contributed by atoms with E-state index in [1.165, 1.54) is 0 Å². The maximum atomic E-state index is 13.2. The zero-order valence-corrected chi connectivity index (χ0v) is 20.0. The Bertz CT molecular complexity index is 1090. The first kappa shape index (κ1) is 23.8. The van der Waals surface area contributed by atoms with Crippen molar-refractivity contribution < 1.29 is 18.8 Å². The minimum absolute atomic E-state index is 0.0711. The van der Waals surface area contributed by atoms with E-state index in [4.69, 9.17) is 14.0 Å². The number of amides is 1. The van der Waals surface area contributed by atoms with Crippen molar-refractivity contribution in [1.82, 2.24) is 20.4 Å². The molecule has 1 N–H and O–H groups in total. The van der Waals surface area contributed by atoms with Crippen molar-refractivity contribution in [1.29, 1.82) is 0 Å². The van der Waals surface area contributed by atoms with Crippen molar-refractivity contribution >= 4 is 5.91 Å². The summed E-state index contributed by atoms with van der Waals surface area (Å²) in [6.45, 7) is 4.17. The average molecular weight is 465 g/mol. The van der Waals surface area contributed by atoms with E-state index < -0.39 is 0 Å². The zero-order chi connectivity index (χ0) is 23.9. The minimum Gasteiger partial charge on any atom is -0.493 e. The molecule has 1 aromatic heterocycles. The molecular weight excluding hydrogens is 432 g/mol. The number of piperidine rings is 1. The number of methoxy groups -OCH3 is 2. The summed E-state index contributed by atoms with van der Waals surface area (Å²) in [5.74, 6) is 2.47. The summed E-state index contributed by atoms with van der Waals surface area (Å²) < 4.78 is 16.2. The Morgan fingerprint density at radius 1 is 1.18 bits per heavy atom. The number of nitrogens with one attached hydrogen (secondary N) is 1. The van der Waals surface area contributed by atoms with Crippen molar-refractivity contribution in [2.45, 2.75) is 38.8 Å². The molecule has 2 heterocycles. The molecule has 1 saturated heterocycles. The van der Waals surface area contributed by atoms with Gasteiger partial charge in [0.2, 0.25) is 17.6 Å². The minimum atomic E-state index is -0.0907. The molecular formula is C26H32N4O4. The van der Waals surface area contributed by atoms with Crippen LogP contribution < -0.4 is 14.8 Å². The normalized spacial score (nSPS) is 17.2. The Balaban J connectivity index is 1.37. The predicted molar refractivity (Wildman–Crippen MR) is 128 cm³/mol. The molecule has 3 aromatic rings. The average Bonchev–Trinajstić information content (AvgIpc) is 3.35. The lowest BCUT2D eigenvalue weighted by molar-refractivity contribution is -0.127. The molecule has 0 bridgehead atoms. The fraction of sp³-hybridized carbons (Fsp3) is 0.423. The second kappa shape index (κ2) is 11.2. The van der Waals surface area contributed by atoms with Gasteiger partial charge in [0.05, 0.1) is 32.7 Å². The summed E-state index contributed by atoms with van der Waals surface area (Å²) in [4.78, 5) is 19.9. The van der Waals surface area contributed by atoms with Crippen molar-refractivity contribution in [3.63, 3.8) is 0 Å². The number of likely N-dealkylation sites (tertiary alicyclic amines) is 1. The topological polar surface area (TPSA) is 89.7 Å². The number of ether oxygens (including phenoxy) is 2. The van der Waals surface area contributed by atoms with E-state index in [1.807, 2.05) is 48.5 Å². The molecule has 34 heavy (non-hydrogen) atoms. The molecule has 0 spiro atoms. The lowest BCUT2D eigenvalue weighted by Crippen LogP contribution is -2.43. The van der Waals surface area contributed by atoms with Gasteiger partial charge >= 0.3 is 0 Å². The third-order valence-electron chi connectivity index (χ3n) is 6.27. The van der Waals surface area contributed by atoms with E-state index in [-0.39, 0.29) is 17.9 Å². The van der Waals surface area contributed by atoms with E-state index in [9.17, 15) is 4.79 Å². The van der Waals surface area contributed by atoms with Gasteiger partial charge in [-0.2, -0.15) is 4.98 Å². The second-order valence-corrected chi connectivity index (χ2v) is 8.54. The molecule has 1 aliphatic heterocycles. The molecule has 2 aromatic carbocycles. The molecule has 1 fully saturated rings. The third kappa shape index (κ3) is 5.56. The Morgan fingerprint density at radius 2 is 1.97 bits per heavy atom. The van der Waals surface area contributed by atoms with Crippen molar-refractivity contribution in [3.05, 3.63) is 60.0 Å². The van der Waals surface area contributed by atoms with Gasteiger partial charge in [-0.05, 0) is 43.5 Å². The number of hydrogen-bond acceptors (Lipinski definition) is 7. The Labute approximate surface area is 200 Å². The van der Waals surface area contributed by atoms with E-state index >= 15 is 0 Å². The van der Waals surface area contributed by atoms with Gasteiger partial charge in [-0.25, -0.2) is 0 Å².